The third-order valence-corrected chi connectivity index (χ3v) is 6.29. The van der Waals surface area contributed by atoms with Crippen molar-refractivity contribution in [1.29, 1.82) is 0 Å². The molecule has 1 aromatic rings. The van der Waals surface area contributed by atoms with Gasteiger partial charge in [0, 0.05) is 19.7 Å². The largest absolute Gasteiger partial charge is 0.399 e. The molecule has 7 heteroatoms. The standard InChI is InChI=1S/C22H37NO5S/c1-4-6-7-11-19(10-5-2)17-27-18-22(3,28-29(24,25)26)23-15-14-20-12-8-9-13-21(20)16-23/h8-9,12-13,19H,4-7,10-11,14-18H2,1-3H3,(H,24,25,26). The summed E-state index contributed by atoms with van der Waals surface area (Å²) in [4.78, 5) is 1.94. The van der Waals surface area contributed by atoms with Crippen molar-refractivity contribution in [3.8, 4) is 0 Å². The maximum absolute atomic E-state index is 11.6. The quantitative estimate of drug-likeness (QED) is 0.366. The van der Waals surface area contributed by atoms with E-state index in [1.54, 1.807) is 6.92 Å². The SMILES string of the molecule is CCCCCC(CCC)COCC(C)(OS(=O)(=O)O)N1CCc2ccccc2C1. The monoisotopic (exact) mass is 427 g/mol. The maximum Gasteiger partial charge on any atom is 0.399 e. The highest BCUT2D eigenvalue weighted by Crippen LogP contribution is 2.28. The lowest BCUT2D eigenvalue weighted by Crippen LogP contribution is -2.54. The van der Waals surface area contributed by atoms with Gasteiger partial charge in [0.15, 0.2) is 5.72 Å². The van der Waals surface area contributed by atoms with E-state index in [-0.39, 0.29) is 6.61 Å². The van der Waals surface area contributed by atoms with Gasteiger partial charge in [-0.25, -0.2) is 4.18 Å². The summed E-state index contributed by atoms with van der Waals surface area (Å²) >= 11 is 0. The highest BCUT2D eigenvalue weighted by molar-refractivity contribution is 7.80. The van der Waals surface area contributed by atoms with E-state index in [2.05, 4.69) is 19.9 Å². The normalized spacial score (nSPS) is 18.2. The average Bonchev–Trinajstić information content (AvgIpc) is 2.66. The predicted octanol–water partition coefficient (Wildman–Crippen LogP) is 4.59. The number of benzene rings is 1. The van der Waals surface area contributed by atoms with Gasteiger partial charge >= 0.3 is 10.4 Å². The summed E-state index contributed by atoms with van der Waals surface area (Å²) in [5.74, 6) is 0.462. The minimum absolute atomic E-state index is 0.0863. The Bertz CT molecular complexity index is 724. The lowest BCUT2D eigenvalue weighted by atomic mass is 9.97. The van der Waals surface area contributed by atoms with E-state index in [9.17, 15) is 13.0 Å². The van der Waals surface area contributed by atoms with Crippen LogP contribution in [-0.2, 0) is 32.3 Å². The molecule has 166 valence electrons. The second kappa shape index (κ2) is 11.4. The molecule has 2 unspecified atom stereocenters. The number of fused-ring (bicyclic) bond motifs is 1. The van der Waals surface area contributed by atoms with Crippen LogP contribution in [0.2, 0.25) is 0 Å². The molecule has 2 atom stereocenters. The first-order chi connectivity index (χ1) is 13.8. The van der Waals surface area contributed by atoms with Gasteiger partial charge < -0.3 is 4.74 Å². The Morgan fingerprint density at radius 2 is 1.86 bits per heavy atom. The second-order valence-electron chi connectivity index (χ2n) is 8.29. The Morgan fingerprint density at radius 1 is 1.14 bits per heavy atom. The molecule has 0 amide bonds. The van der Waals surface area contributed by atoms with Gasteiger partial charge in [-0.3, -0.25) is 9.45 Å². The molecule has 0 bridgehead atoms. The summed E-state index contributed by atoms with van der Waals surface area (Å²) in [5.41, 5.74) is 1.16. The molecule has 1 N–H and O–H groups in total. The van der Waals surface area contributed by atoms with E-state index in [1.807, 2.05) is 23.1 Å². The van der Waals surface area contributed by atoms with Crippen molar-refractivity contribution < 1.29 is 21.9 Å². The number of hydrogen-bond acceptors (Lipinski definition) is 5. The summed E-state index contributed by atoms with van der Waals surface area (Å²) in [6.07, 6.45) is 7.71. The van der Waals surface area contributed by atoms with E-state index < -0.39 is 16.1 Å². The molecule has 2 rings (SSSR count). The fraction of sp³-hybridized carbons (Fsp3) is 0.727. The molecule has 0 aromatic heterocycles. The average molecular weight is 428 g/mol. The van der Waals surface area contributed by atoms with Crippen molar-refractivity contribution in [3.63, 3.8) is 0 Å². The van der Waals surface area contributed by atoms with Crippen molar-refractivity contribution in [2.75, 3.05) is 19.8 Å². The van der Waals surface area contributed by atoms with Crippen LogP contribution in [0.1, 0.15) is 70.4 Å². The van der Waals surface area contributed by atoms with Gasteiger partial charge in [-0.05, 0) is 43.2 Å². The number of hydrogen-bond donors (Lipinski definition) is 1. The number of ether oxygens (including phenoxy) is 1. The van der Waals surface area contributed by atoms with Crippen LogP contribution in [0.3, 0.4) is 0 Å². The molecule has 1 heterocycles. The van der Waals surface area contributed by atoms with Crippen molar-refractivity contribution in [2.45, 2.75) is 78.0 Å². The van der Waals surface area contributed by atoms with Crippen LogP contribution in [0.25, 0.3) is 0 Å². The third kappa shape index (κ3) is 7.98. The Kier molecular flexibility index (Phi) is 9.56. The molecule has 0 saturated heterocycles. The van der Waals surface area contributed by atoms with Crippen molar-refractivity contribution in [3.05, 3.63) is 35.4 Å². The van der Waals surface area contributed by atoms with Crippen LogP contribution < -0.4 is 0 Å². The second-order valence-corrected chi connectivity index (χ2v) is 9.31. The molecule has 6 nitrogen and oxygen atoms in total. The van der Waals surface area contributed by atoms with Gasteiger partial charge in [0.05, 0.1) is 6.61 Å². The highest BCUT2D eigenvalue weighted by Gasteiger charge is 2.39. The van der Waals surface area contributed by atoms with Gasteiger partial charge in [-0.1, -0.05) is 63.8 Å². The molecule has 0 spiro atoms. The predicted molar refractivity (Wildman–Crippen MR) is 115 cm³/mol. The van der Waals surface area contributed by atoms with Gasteiger partial charge in [0.25, 0.3) is 0 Å². The number of unbranched alkanes of at least 4 members (excludes halogenated alkanes) is 2. The fourth-order valence-corrected chi connectivity index (χ4v) is 4.72. The van der Waals surface area contributed by atoms with Crippen molar-refractivity contribution in [2.24, 2.45) is 5.92 Å². The summed E-state index contributed by atoms with van der Waals surface area (Å²) in [7, 11) is -4.61. The topological polar surface area (TPSA) is 76.1 Å². The zero-order chi connectivity index (χ0) is 21.3. The highest BCUT2D eigenvalue weighted by atomic mass is 32.3. The lowest BCUT2D eigenvalue weighted by Gasteiger charge is -2.42. The van der Waals surface area contributed by atoms with Gasteiger partial charge in [0.1, 0.15) is 0 Å². The Hall–Kier alpha value is -0.990. The molecule has 1 aliphatic heterocycles. The van der Waals surface area contributed by atoms with Crippen LogP contribution in [-0.4, -0.2) is 43.4 Å². The first-order valence-corrected chi connectivity index (χ1v) is 12.2. The van der Waals surface area contributed by atoms with Crippen LogP contribution in [0.15, 0.2) is 24.3 Å². The molecule has 0 radical (unpaired) electrons. The molecule has 1 aliphatic rings. The van der Waals surface area contributed by atoms with E-state index in [1.165, 1.54) is 24.8 Å². The zero-order valence-electron chi connectivity index (χ0n) is 18.1. The molecule has 0 saturated carbocycles. The minimum Gasteiger partial charge on any atom is -0.377 e. The van der Waals surface area contributed by atoms with E-state index >= 15 is 0 Å². The summed E-state index contributed by atoms with van der Waals surface area (Å²) in [5, 5.41) is 0. The molecular formula is C22H37NO5S. The Morgan fingerprint density at radius 3 is 2.52 bits per heavy atom. The maximum atomic E-state index is 11.6. The molecule has 0 fully saturated rings. The Balaban J connectivity index is 2.03. The first kappa shape index (κ1) is 24.3. The summed E-state index contributed by atoms with van der Waals surface area (Å²) < 4.78 is 43.6. The van der Waals surface area contributed by atoms with Crippen molar-refractivity contribution in [1.82, 2.24) is 4.90 Å². The molecule has 1 aromatic carbocycles. The number of rotatable bonds is 13. The minimum atomic E-state index is -4.61. The summed E-state index contributed by atoms with van der Waals surface area (Å²) in [6.45, 7) is 7.90. The van der Waals surface area contributed by atoms with Gasteiger partial charge in [-0.15, -0.1) is 0 Å². The third-order valence-electron chi connectivity index (χ3n) is 5.72. The van der Waals surface area contributed by atoms with Crippen molar-refractivity contribution >= 4 is 10.4 Å². The van der Waals surface area contributed by atoms with Gasteiger partial charge in [0.2, 0.25) is 0 Å². The van der Waals surface area contributed by atoms with Crippen LogP contribution in [0.4, 0.5) is 0 Å². The van der Waals surface area contributed by atoms with Crippen LogP contribution in [0.5, 0.6) is 0 Å². The molecule has 29 heavy (non-hydrogen) atoms. The smallest absolute Gasteiger partial charge is 0.377 e. The van der Waals surface area contributed by atoms with E-state index in [0.29, 0.717) is 25.6 Å². The Labute approximate surface area is 176 Å². The number of nitrogens with zero attached hydrogens (tertiary/aromatic N) is 1. The van der Waals surface area contributed by atoms with Gasteiger partial charge in [-0.2, -0.15) is 8.42 Å². The van der Waals surface area contributed by atoms with E-state index in [4.69, 9.17) is 8.92 Å². The fourth-order valence-electron chi connectivity index (χ4n) is 4.11. The summed E-state index contributed by atoms with van der Waals surface area (Å²) in [6, 6.07) is 8.13. The molecule has 0 aliphatic carbocycles. The molecular weight excluding hydrogens is 390 g/mol. The first-order valence-electron chi connectivity index (χ1n) is 10.8. The zero-order valence-corrected chi connectivity index (χ0v) is 18.9. The van der Waals surface area contributed by atoms with Crippen LogP contribution in [0, 0.1) is 5.92 Å². The lowest BCUT2D eigenvalue weighted by molar-refractivity contribution is -0.132. The van der Waals surface area contributed by atoms with Crippen LogP contribution >= 0.6 is 0 Å². The van der Waals surface area contributed by atoms with E-state index in [0.717, 1.165) is 31.2 Å².